The van der Waals surface area contributed by atoms with Crippen LogP contribution in [-0.4, -0.2) is 48.2 Å². The third-order valence-electron chi connectivity index (χ3n) is 3.96. The van der Waals surface area contributed by atoms with E-state index in [0.29, 0.717) is 37.3 Å². The Labute approximate surface area is 145 Å². The number of carbonyl (C=O) groups is 4. The van der Waals surface area contributed by atoms with E-state index in [1.54, 1.807) is 25.1 Å². The molecule has 0 saturated carbocycles. The lowest BCUT2D eigenvalue weighted by Gasteiger charge is -2.22. The van der Waals surface area contributed by atoms with Gasteiger partial charge in [0, 0.05) is 12.5 Å². The highest BCUT2D eigenvalue weighted by Crippen LogP contribution is 2.32. The smallest absolute Gasteiger partial charge is 0.265 e. The van der Waals surface area contributed by atoms with Crippen LogP contribution < -0.4 is 15.8 Å². The van der Waals surface area contributed by atoms with Crippen LogP contribution in [-0.2, 0) is 9.59 Å². The number of rotatable bonds is 9. The number of fused-ring (bicyclic) bond motifs is 1. The zero-order valence-corrected chi connectivity index (χ0v) is 14.0. The highest BCUT2D eigenvalue weighted by Gasteiger charge is 2.40. The molecule has 1 aliphatic rings. The van der Waals surface area contributed by atoms with Gasteiger partial charge in [-0.05, 0) is 38.4 Å². The molecule has 0 spiro atoms. The van der Waals surface area contributed by atoms with Crippen molar-refractivity contribution in [1.29, 1.82) is 0 Å². The zero-order valence-electron chi connectivity index (χ0n) is 14.0. The van der Waals surface area contributed by atoms with Crippen LogP contribution in [0, 0.1) is 0 Å². The maximum Gasteiger partial charge on any atom is 0.265 e. The molecule has 0 radical (unpaired) electrons. The van der Waals surface area contributed by atoms with E-state index in [9.17, 15) is 19.2 Å². The van der Waals surface area contributed by atoms with Crippen LogP contribution >= 0.6 is 0 Å². The van der Waals surface area contributed by atoms with Crippen molar-refractivity contribution in [3.63, 3.8) is 0 Å². The molecule has 0 aromatic heterocycles. The molecule has 0 bridgehead atoms. The Morgan fingerprint density at radius 2 is 2.12 bits per heavy atom. The Bertz CT molecular complexity index is 689. The molecular formula is C17H21N3O5. The van der Waals surface area contributed by atoms with Gasteiger partial charge in [0.1, 0.15) is 5.75 Å². The van der Waals surface area contributed by atoms with Crippen LogP contribution in [0.1, 0.15) is 46.9 Å². The molecule has 1 heterocycles. The molecule has 0 aliphatic carbocycles. The quantitative estimate of drug-likeness (QED) is 0.380. The average molecular weight is 347 g/mol. The van der Waals surface area contributed by atoms with E-state index in [0.717, 1.165) is 4.90 Å². The molecule has 1 aromatic rings. The van der Waals surface area contributed by atoms with Crippen LogP contribution in [0.15, 0.2) is 18.2 Å². The van der Waals surface area contributed by atoms with Crippen LogP contribution in [0.25, 0.3) is 0 Å². The van der Waals surface area contributed by atoms with Crippen molar-refractivity contribution in [2.75, 3.05) is 13.2 Å². The summed E-state index contributed by atoms with van der Waals surface area (Å²) in [5, 5.41) is 2.03. The van der Waals surface area contributed by atoms with E-state index in [1.807, 2.05) is 5.32 Å². The first-order valence-corrected chi connectivity index (χ1v) is 8.08. The SMILES string of the molecule is CC(CCC(=O)NC=O)N1C(=O)c2cccc(OCCCN)c2C1=O. The molecule has 8 heteroatoms. The van der Waals surface area contributed by atoms with E-state index in [-0.39, 0.29) is 18.4 Å². The van der Waals surface area contributed by atoms with Gasteiger partial charge in [0.15, 0.2) is 0 Å². The van der Waals surface area contributed by atoms with Crippen molar-refractivity contribution in [2.45, 2.75) is 32.2 Å². The minimum Gasteiger partial charge on any atom is -0.493 e. The lowest BCUT2D eigenvalue weighted by atomic mass is 10.1. The number of hydrogen-bond acceptors (Lipinski definition) is 6. The molecular weight excluding hydrogens is 326 g/mol. The van der Waals surface area contributed by atoms with Crippen molar-refractivity contribution in [1.82, 2.24) is 10.2 Å². The Kier molecular flexibility index (Phi) is 6.24. The third-order valence-corrected chi connectivity index (χ3v) is 3.96. The third kappa shape index (κ3) is 4.03. The van der Waals surface area contributed by atoms with Gasteiger partial charge in [-0.25, -0.2) is 0 Å². The first-order valence-electron chi connectivity index (χ1n) is 8.08. The molecule has 4 amide bonds. The fraction of sp³-hybridized carbons (Fsp3) is 0.412. The molecule has 3 N–H and O–H groups in total. The van der Waals surface area contributed by atoms with E-state index < -0.39 is 23.8 Å². The predicted octanol–water partition coefficient (Wildman–Crippen LogP) is 0.452. The first-order chi connectivity index (χ1) is 12.0. The van der Waals surface area contributed by atoms with Crippen molar-refractivity contribution in [3.8, 4) is 5.75 Å². The molecule has 1 atom stereocenters. The van der Waals surface area contributed by atoms with Crippen LogP contribution in [0.2, 0.25) is 0 Å². The van der Waals surface area contributed by atoms with Gasteiger partial charge >= 0.3 is 0 Å². The van der Waals surface area contributed by atoms with E-state index in [1.165, 1.54) is 0 Å². The highest BCUT2D eigenvalue weighted by atomic mass is 16.5. The predicted molar refractivity (Wildman–Crippen MR) is 89.0 cm³/mol. The second-order valence-electron chi connectivity index (χ2n) is 5.72. The number of carbonyl (C=O) groups excluding carboxylic acids is 4. The van der Waals surface area contributed by atoms with Gasteiger partial charge in [0.05, 0.1) is 17.7 Å². The van der Waals surface area contributed by atoms with Crippen LogP contribution in [0.5, 0.6) is 5.75 Å². The van der Waals surface area contributed by atoms with Gasteiger partial charge in [-0.3, -0.25) is 29.4 Å². The van der Waals surface area contributed by atoms with Gasteiger partial charge in [0.2, 0.25) is 12.3 Å². The molecule has 2 rings (SSSR count). The monoisotopic (exact) mass is 347 g/mol. The topological polar surface area (TPSA) is 119 Å². The van der Waals surface area contributed by atoms with E-state index in [4.69, 9.17) is 10.5 Å². The Balaban J connectivity index is 2.14. The summed E-state index contributed by atoms with van der Waals surface area (Å²) in [4.78, 5) is 48.0. The number of amides is 4. The molecule has 8 nitrogen and oxygen atoms in total. The molecule has 25 heavy (non-hydrogen) atoms. The summed E-state index contributed by atoms with van der Waals surface area (Å²) < 4.78 is 5.58. The largest absolute Gasteiger partial charge is 0.493 e. The van der Waals surface area contributed by atoms with Gasteiger partial charge < -0.3 is 10.5 Å². The lowest BCUT2D eigenvalue weighted by Crippen LogP contribution is -2.38. The average Bonchev–Trinajstić information content (AvgIpc) is 2.85. The Morgan fingerprint density at radius 1 is 1.36 bits per heavy atom. The number of nitrogens with two attached hydrogens (primary N) is 1. The number of benzene rings is 1. The van der Waals surface area contributed by atoms with Gasteiger partial charge in [-0.15, -0.1) is 0 Å². The second-order valence-corrected chi connectivity index (χ2v) is 5.72. The minimum atomic E-state index is -0.485. The second kappa shape index (κ2) is 8.39. The number of imide groups is 2. The molecule has 134 valence electrons. The maximum absolute atomic E-state index is 12.7. The zero-order chi connectivity index (χ0) is 18.4. The number of nitrogens with one attached hydrogen (secondary N) is 1. The normalized spacial score (nSPS) is 14.2. The summed E-state index contributed by atoms with van der Waals surface area (Å²) in [6, 6.07) is 4.40. The Hall–Kier alpha value is -2.74. The summed E-state index contributed by atoms with van der Waals surface area (Å²) in [6.45, 7) is 2.51. The van der Waals surface area contributed by atoms with E-state index in [2.05, 4.69) is 0 Å². The van der Waals surface area contributed by atoms with Gasteiger partial charge in [-0.2, -0.15) is 0 Å². The molecule has 1 aromatic carbocycles. The molecule has 0 saturated heterocycles. The lowest BCUT2D eigenvalue weighted by molar-refractivity contribution is -0.125. The summed E-state index contributed by atoms with van der Waals surface area (Å²) in [6.07, 6.45) is 1.24. The van der Waals surface area contributed by atoms with Crippen molar-refractivity contribution in [3.05, 3.63) is 29.3 Å². The maximum atomic E-state index is 12.7. The summed E-state index contributed by atoms with van der Waals surface area (Å²) in [5.41, 5.74) is 5.97. The fourth-order valence-corrected chi connectivity index (χ4v) is 2.67. The van der Waals surface area contributed by atoms with Crippen LogP contribution in [0.3, 0.4) is 0 Å². The van der Waals surface area contributed by atoms with Gasteiger partial charge in [0.25, 0.3) is 11.8 Å². The number of hydrogen-bond donors (Lipinski definition) is 2. The van der Waals surface area contributed by atoms with Crippen molar-refractivity contribution < 1.29 is 23.9 Å². The summed E-state index contributed by atoms with van der Waals surface area (Å²) in [7, 11) is 0. The van der Waals surface area contributed by atoms with E-state index >= 15 is 0 Å². The standard InChI is InChI=1S/C17H21N3O5/c1-11(6-7-14(22)19-10-21)20-16(23)12-4-2-5-13(15(12)17(20)24)25-9-3-8-18/h2,4-5,10-11H,3,6-9,18H2,1H3,(H,19,21,22). The van der Waals surface area contributed by atoms with Crippen LogP contribution in [0.4, 0.5) is 0 Å². The van der Waals surface area contributed by atoms with Crippen molar-refractivity contribution in [2.24, 2.45) is 5.73 Å². The van der Waals surface area contributed by atoms with Gasteiger partial charge in [-0.1, -0.05) is 6.07 Å². The fourth-order valence-electron chi connectivity index (χ4n) is 2.67. The summed E-state index contributed by atoms with van der Waals surface area (Å²) >= 11 is 0. The molecule has 1 unspecified atom stereocenters. The summed E-state index contributed by atoms with van der Waals surface area (Å²) in [5.74, 6) is -0.943. The number of nitrogens with zero attached hydrogens (tertiary/aromatic N) is 1. The minimum absolute atomic E-state index is 0.0349. The Morgan fingerprint density at radius 3 is 2.80 bits per heavy atom. The first kappa shape index (κ1) is 18.6. The molecule has 0 fully saturated rings. The number of ether oxygens (including phenoxy) is 1. The van der Waals surface area contributed by atoms with Crippen molar-refractivity contribution >= 4 is 24.1 Å². The molecule has 1 aliphatic heterocycles. The highest BCUT2D eigenvalue weighted by molar-refractivity contribution is 6.22.